The number of hydrogen-bond donors (Lipinski definition) is 6. The second kappa shape index (κ2) is 12.8. The number of nitrogens with one attached hydrogen (secondary N) is 3. The molecule has 1 aromatic carbocycles. The van der Waals surface area contributed by atoms with Crippen LogP contribution in [0.4, 0.5) is 40.7 Å². The van der Waals surface area contributed by atoms with Gasteiger partial charge in [-0.3, -0.25) is 14.0 Å². The number of nitrogens with zero attached hydrogens (tertiary/aromatic N) is 5. The fraction of sp³-hybridized carbons (Fsp3) is 0.240. The number of carbonyl (C=O) groups is 1. The molecule has 18 heteroatoms. The molecule has 0 fully saturated rings. The topological polar surface area (TPSA) is 187 Å². The van der Waals surface area contributed by atoms with Gasteiger partial charge >= 0.3 is 13.8 Å². The Balaban J connectivity index is 1.68. The monoisotopic (exact) mass is 624 g/mol. The molecule has 0 radical (unpaired) electrons. The smallest absolute Gasteiger partial charge is 0.396 e. The van der Waals surface area contributed by atoms with Crippen LogP contribution in [-0.4, -0.2) is 59.2 Å². The van der Waals surface area contributed by atoms with Crippen LogP contribution in [0.15, 0.2) is 48.9 Å². The summed E-state index contributed by atoms with van der Waals surface area (Å²) in [6.07, 6.45) is -1.56. The van der Waals surface area contributed by atoms with Crippen LogP contribution >= 0.6 is 7.60 Å². The molecule has 4 rings (SSSR count). The summed E-state index contributed by atoms with van der Waals surface area (Å²) in [5, 5.41) is 20.5. The lowest BCUT2D eigenvalue weighted by molar-refractivity contribution is -0.137. The van der Waals surface area contributed by atoms with Gasteiger partial charge in [-0.25, -0.2) is 14.4 Å². The second-order valence-corrected chi connectivity index (χ2v) is 10.7. The number of benzene rings is 1. The molecule has 13 nitrogen and oxygen atoms in total. The Hall–Kier alpha value is -4.44. The second-order valence-electron chi connectivity index (χ2n) is 9.08. The number of aryl methyl sites for hydroxylation is 1. The third-order valence-electron chi connectivity index (χ3n) is 5.83. The van der Waals surface area contributed by atoms with Crippen LogP contribution in [0.25, 0.3) is 11.3 Å². The summed E-state index contributed by atoms with van der Waals surface area (Å²) in [5.74, 6) is -2.88. The van der Waals surface area contributed by atoms with Crippen LogP contribution in [0.5, 0.6) is 0 Å². The first-order valence-electron chi connectivity index (χ1n) is 12.5. The Labute approximate surface area is 241 Å². The lowest BCUT2D eigenvalue weighted by Gasteiger charge is -2.17. The van der Waals surface area contributed by atoms with E-state index in [4.69, 9.17) is 14.9 Å². The molecule has 3 heterocycles. The summed E-state index contributed by atoms with van der Waals surface area (Å²) in [6.45, 7) is 0.402. The van der Waals surface area contributed by atoms with Crippen LogP contribution in [0, 0.1) is 5.82 Å². The first kappa shape index (κ1) is 31.5. The fourth-order valence-electron chi connectivity index (χ4n) is 3.85. The van der Waals surface area contributed by atoms with E-state index in [1.165, 1.54) is 31.4 Å². The number of amides is 1. The van der Waals surface area contributed by atoms with Gasteiger partial charge in [0.25, 0.3) is 5.91 Å². The number of pyridine rings is 1. The highest BCUT2D eigenvalue weighted by atomic mass is 31.2. The van der Waals surface area contributed by atoms with Crippen LogP contribution in [-0.2, 0) is 23.4 Å². The Bertz CT molecular complexity index is 1680. The van der Waals surface area contributed by atoms with Crippen LogP contribution in [0.3, 0.4) is 0 Å². The van der Waals surface area contributed by atoms with Gasteiger partial charge < -0.3 is 30.8 Å². The van der Waals surface area contributed by atoms with Gasteiger partial charge in [0.15, 0.2) is 5.69 Å². The molecule has 0 saturated heterocycles. The zero-order valence-electron chi connectivity index (χ0n) is 22.3. The number of rotatable bonds is 11. The van der Waals surface area contributed by atoms with E-state index in [-0.39, 0.29) is 29.2 Å². The van der Waals surface area contributed by atoms with Crippen molar-refractivity contribution in [1.29, 1.82) is 0 Å². The lowest BCUT2D eigenvalue weighted by atomic mass is 10.1. The van der Waals surface area contributed by atoms with E-state index in [1.807, 2.05) is 0 Å². The molecule has 6 N–H and O–H groups in total. The molecule has 228 valence electrons. The van der Waals surface area contributed by atoms with Gasteiger partial charge in [-0.2, -0.15) is 23.3 Å². The van der Waals surface area contributed by atoms with Crippen LogP contribution in [0.2, 0.25) is 0 Å². The summed E-state index contributed by atoms with van der Waals surface area (Å²) in [7, 11) is -3.14. The number of aromatic nitrogens is 5. The van der Waals surface area contributed by atoms with Gasteiger partial charge in [-0.05, 0) is 36.2 Å². The predicted molar refractivity (Wildman–Crippen MR) is 146 cm³/mol. The van der Waals surface area contributed by atoms with Crippen molar-refractivity contribution in [3.8, 4) is 11.3 Å². The van der Waals surface area contributed by atoms with E-state index in [0.717, 1.165) is 12.1 Å². The van der Waals surface area contributed by atoms with Crippen molar-refractivity contribution in [2.45, 2.75) is 25.3 Å². The summed E-state index contributed by atoms with van der Waals surface area (Å²) >= 11 is 0. The largest absolute Gasteiger partial charge is 0.421 e. The number of hydrogen-bond acceptors (Lipinski definition) is 9. The summed E-state index contributed by atoms with van der Waals surface area (Å²) in [6, 6.07) is 6.03. The highest BCUT2D eigenvalue weighted by Gasteiger charge is 2.36. The quantitative estimate of drug-likeness (QED) is 0.105. The number of aliphatic hydroxyl groups is 1. The summed E-state index contributed by atoms with van der Waals surface area (Å²) in [5.41, 5.74) is -1.10. The molecule has 0 saturated carbocycles. The van der Waals surface area contributed by atoms with E-state index in [2.05, 4.69) is 36.0 Å². The van der Waals surface area contributed by atoms with E-state index in [0.29, 0.717) is 30.4 Å². The van der Waals surface area contributed by atoms with Gasteiger partial charge in [-0.15, -0.1) is 0 Å². The van der Waals surface area contributed by atoms with E-state index >= 15 is 0 Å². The Kier molecular flexibility index (Phi) is 9.40. The summed E-state index contributed by atoms with van der Waals surface area (Å²) in [4.78, 5) is 42.7. The number of anilines is 4. The normalized spacial score (nSPS) is 11.8. The molecular formula is C25H25F4N8O5P. The molecule has 3 aromatic heterocycles. The molecule has 0 bridgehead atoms. The molecule has 0 spiro atoms. The molecule has 4 aromatic rings. The number of halogens is 4. The Morgan fingerprint density at radius 2 is 1.81 bits per heavy atom. The first-order valence-corrected chi connectivity index (χ1v) is 14.2. The maximum absolute atomic E-state index is 14.6. The molecule has 0 aliphatic carbocycles. The fourth-order valence-corrected chi connectivity index (χ4v) is 4.52. The standard InChI is InChI=1S/C25H25F4N8O5P/c1-30-23(39)21-20(6-5-18(33-21)15-10-32-37(12-15)7-2-8-38)34-22-16(25(27,28)29)11-31-24(36-22)35-19-4-3-14(9-17(19)26)13-43(40,41)42/h3-6,9-12,38H,2,7-8,13H2,1H3,(H,30,39)(H2,40,41,42)(H2,31,34,35,36). The number of carbonyl (C=O) groups excluding carboxylic acids is 1. The van der Waals surface area contributed by atoms with Crippen molar-refractivity contribution in [1.82, 2.24) is 30.0 Å². The molecule has 1 amide bonds. The Morgan fingerprint density at radius 1 is 1.07 bits per heavy atom. The maximum atomic E-state index is 14.6. The third-order valence-corrected chi connectivity index (χ3v) is 6.60. The minimum atomic E-state index is -4.92. The van der Waals surface area contributed by atoms with E-state index in [1.54, 1.807) is 10.9 Å². The zero-order chi connectivity index (χ0) is 31.4. The van der Waals surface area contributed by atoms with Gasteiger partial charge in [0.2, 0.25) is 5.95 Å². The molecule has 0 aliphatic heterocycles. The molecular weight excluding hydrogens is 599 g/mol. The van der Waals surface area contributed by atoms with Crippen molar-refractivity contribution in [3.05, 3.63) is 71.6 Å². The zero-order valence-corrected chi connectivity index (χ0v) is 23.2. The third kappa shape index (κ3) is 8.10. The van der Waals surface area contributed by atoms with Gasteiger partial charge in [-0.1, -0.05) is 6.07 Å². The average molecular weight is 624 g/mol. The number of alkyl halides is 3. The van der Waals surface area contributed by atoms with E-state index < -0.39 is 49.0 Å². The summed E-state index contributed by atoms with van der Waals surface area (Å²) < 4.78 is 69.0. The first-order chi connectivity index (χ1) is 20.3. The Morgan fingerprint density at radius 3 is 2.47 bits per heavy atom. The molecule has 0 atom stereocenters. The van der Waals surface area contributed by atoms with Crippen molar-refractivity contribution in [2.24, 2.45) is 0 Å². The lowest BCUT2D eigenvalue weighted by Crippen LogP contribution is -2.21. The van der Waals surface area contributed by atoms with Crippen molar-refractivity contribution in [3.63, 3.8) is 0 Å². The molecule has 0 unspecified atom stereocenters. The predicted octanol–water partition coefficient (Wildman–Crippen LogP) is 3.80. The maximum Gasteiger partial charge on any atom is 0.421 e. The minimum absolute atomic E-state index is 0.00209. The van der Waals surface area contributed by atoms with Gasteiger partial charge in [0.1, 0.15) is 17.2 Å². The van der Waals surface area contributed by atoms with E-state index in [9.17, 15) is 26.9 Å². The van der Waals surface area contributed by atoms with Gasteiger partial charge in [0, 0.05) is 38.2 Å². The molecule has 43 heavy (non-hydrogen) atoms. The van der Waals surface area contributed by atoms with Crippen LogP contribution in [0.1, 0.15) is 28.0 Å². The highest BCUT2D eigenvalue weighted by Crippen LogP contribution is 2.40. The van der Waals surface area contributed by atoms with Gasteiger partial charge in [0.05, 0.1) is 29.4 Å². The number of aliphatic hydroxyl groups excluding tert-OH is 1. The van der Waals surface area contributed by atoms with Crippen molar-refractivity contribution in [2.75, 3.05) is 24.3 Å². The van der Waals surface area contributed by atoms with Crippen molar-refractivity contribution >= 4 is 36.6 Å². The van der Waals surface area contributed by atoms with Crippen LogP contribution < -0.4 is 16.0 Å². The molecule has 0 aliphatic rings. The SMILES string of the molecule is CNC(=O)c1nc(-c2cnn(CCCO)c2)ccc1Nc1nc(Nc2ccc(CP(=O)(O)O)cc2F)ncc1C(F)(F)F. The highest BCUT2D eigenvalue weighted by molar-refractivity contribution is 7.50. The van der Waals surface area contributed by atoms with Crippen molar-refractivity contribution < 1.29 is 41.8 Å². The minimum Gasteiger partial charge on any atom is -0.396 e. The average Bonchev–Trinajstić information content (AvgIpc) is 3.41.